The van der Waals surface area contributed by atoms with E-state index in [2.05, 4.69) is 5.32 Å². The first-order valence-corrected chi connectivity index (χ1v) is 11.0. The zero-order chi connectivity index (χ0) is 22.2. The van der Waals surface area contributed by atoms with E-state index >= 15 is 0 Å². The summed E-state index contributed by atoms with van der Waals surface area (Å²) >= 11 is 6.38. The molecule has 1 saturated heterocycles. The van der Waals surface area contributed by atoms with Crippen molar-refractivity contribution in [1.82, 2.24) is 9.88 Å². The van der Waals surface area contributed by atoms with Crippen molar-refractivity contribution in [2.24, 2.45) is 5.92 Å². The van der Waals surface area contributed by atoms with Gasteiger partial charge in [0.25, 0.3) is 5.91 Å². The van der Waals surface area contributed by atoms with Gasteiger partial charge in [-0.25, -0.2) is 0 Å². The van der Waals surface area contributed by atoms with Crippen molar-refractivity contribution in [2.75, 3.05) is 13.2 Å². The summed E-state index contributed by atoms with van der Waals surface area (Å²) in [5.74, 6) is -2.02. The van der Waals surface area contributed by atoms with E-state index in [1.807, 2.05) is 10.6 Å². The van der Waals surface area contributed by atoms with Gasteiger partial charge in [0.2, 0.25) is 0 Å². The number of fused-ring (bicyclic) bond motifs is 1. The Labute approximate surface area is 183 Å². The van der Waals surface area contributed by atoms with Crippen LogP contribution in [-0.2, 0) is 11.3 Å². The lowest BCUT2D eigenvalue weighted by Gasteiger charge is -2.37. The molecule has 2 aliphatic rings. The van der Waals surface area contributed by atoms with Crippen molar-refractivity contribution < 1.29 is 27.8 Å². The third kappa shape index (κ3) is 4.86. The number of hydrogen-bond donors (Lipinski definition) is 2. The summed E-state index contributed by atoms with van der Waals surface area (Å²) in [5.41, 5.74) is -0.444. The van der Waals surface area contributed by atoms with Crippen LogP contribution in [0.15, 0.2) is 24.4 Å². The molecule has 1 aromatic heterocycles. The number of carbonyl (C=O) groups is 1. The van der Waals surface area contributed by atoms with Gasteiger partial charge in [-0.05, 0) is 50.7 Å². The largest absolute Gasteiger partial charge is 0.391 e. The molecule has 1 aromatic carbocycles. The van der Waals surface area contributed by atoms with Crippen molar-refractivity contribution in [1.29, 1.82) is 0 Å². The molecular weight excluding hydrogens is 433 g/mol. The molecule has 1 aliphatic carbocycles. The molecule has 2 aromatic rings. The second-order valence-electron chi connectivity index (χ2n) is 8.71. The Kier molecular flexibility index (Phi) is 6.25. The standard InChI is InChI=1S/C22H26ClF3N2O3/c23-17-6-1-7-18-19(17)16(12-28(18)11-15-5-3-9-31-15)20(29)27-13-21(30)8-2-4-14(10-21)22(24,25)26/h1,6-7,12,14-15,30H,2-5,8-11,13H2,(H,27,29). The average molecular weight is 459 g/mol. The molecule has 0 radical (unpaired) electrons. The molecule has 170 valence electrons. The molecule has 5 nitrogen and oxygen atoms in total. The van der Waals surface area contributed by atoms with Crippen LogP contribution in [0.5, 0.6) is 0 Å². The molecular formula is C22H26ClF3N2O3. The number of aliphatic hydroxyl groups is 1. The van der Waals surface area contributed by atoms with Crippen molar-refractivity contribution in [3.8, 4) is 0 Å². The number of ether oxygens (including phenoxy) is 1. The molecule has 31 heavy (non-hydrogen) atoms. The van der Waals surface area contributed by atoms with Crippen molar-refractivity contribution in [3.05, 3.63) is 35.0 Å². The van der Waals surface area contributed by atoms with Crippen LogP contribution >= 0.6 is 11.6 Å². The van der Waals surface area contributed by atoms with Gasteiger partial charge in [-0.1, -0.05) is 17.7 Å². The maximum Gasteiger partial charge on any atom is 0.391 e. The molecule has 2 fully saturated rings. The van der Waals surface area contributed by atoms with Crippen LogP contribution in [0.3, 0.4) is 0 Å². The number of aromatic nitrogens is 1. The number of nitrogens with zero attached hydrogens (tertiary/aromatic N) is 1. The maximum absolute atomic E-state index is 13.1. The highest BCUT2D eigenvalue weighted by molar-refractivity contribution is 6.36. The highest BCUT2D eigenvalue weighted by atomic mass is 35.5. The van der Waals surface area contributed by atoms with E-state index in [0.29, 0.717) is 22.5 Å². The third-order valence-corrected chi connectivity index (χ3v) is 6.70. The van der Waals surface area contributed by atoms with Gasteiger partial charge in [0, 0.05) is 31.3 Å². The summed E-state index contributed by atoms with van der Waals surface area (Å²) in [6.07, 6.45) is -0.550. The van der Waals surface area contributed by atoms with Crippen LogP contribution in [-0.4, -0.2) is 46.6 Å². The van der Waals surface area contributed by atoms with Crippen molar-refractivity contribution >= 4 is 28.4 Å². The smallest absolute Gasteiger partial charge is 0.388 e. The molecule has 1 aliphatic heterocycles. The van der Waals surface area contributed by atoms with Crippen LogP contribution < -0.4 is 5.32 Å². The van der Waals surface area contributed by atoms with E-state index in [9.17, 15) is 23.1 Å². The van der Waals surface area contributed by atoms with E-state index in [1.54, 1.807) is 18.3 Å². The van der Waals surface area contributed by atoms with Gasteiger partial charge in [-0.15, -0.1) is 0 Å². The number of rotatable bonds is 5. The molecule has 4 rings (SSSR count). The Morgan fingerprint density at radius 2 is 2.13 bits per heavy atom. The number of alkyl halides is 3. The lowest BCUT2D eigenvalue weighted by atomic mass is 9.77. The van der Waals surface area contributed by atoms with Gasteiger partial charge >= 0.3 is 6.18 Å². The minimum absolute atomic E-state index is 0.00604. The van der Waals surface area contributed by atoms with Crippen LogP contribution in [0.2, 0.25) is 5.02 Å². The van der Waals surface area contributed by atoms with E-state index in [1.165, 1.54) is 0 Å². The first kappa shape index (κ1) is 22.4. The molecule has 0 spiro atoms. The number of halogens is 4. The summed E-state index contributed by atoms with van der Waals surface area (Å²) in [6, 6.07) is 5.37. The fourth-order valence-electron chi connectivity index (χ4n) is 4.76. The Hall–Kier alpha value is -1.77. The van der Waals surface area contributed by atoms with Crippen LogP contribution in [0.1, 0.15) is 48.9 Å². The molecule has 0 bridgehead atoms. The fraction of sp³-hybridized carbons (Fsp3) is 0.591. The highest BCUT2D eigenvalue weighted by Crippen LogP contribution is 2.41. The molecule has 2 N–H and O–H groups in total. The van der Waals surface area contributed by atoms with Crippen LogP contribution in [0.4, 0.5) is 13.2 Å². The maximum atomic E-state index is 13.1. The molecule has 1 amide bonds. The topological polar surface area (TPSA) is 63.5 Å². The minimum Gasteiger partial charge on any atom is -0.388 e. The Bertz CT molecular complexity index is 955. The van der Waals surface area contributed by atoms with Gasteiger partial charge in [0.15, 0.2) is 0 Å². The fourth-order valence-corrected chi connectivity index (χ4v) is 5.03. The number of amides is 1. The lowest BCUT2D eigenvalue weighted by molar-refractivity contribution is -0.199. The van der Waals surface area contributed by atoms with Gasteiger partial charge in [0.1, 0.15) is 0 Å². The lowest BCUT2D eigenvalue weighted by Crippen LogP contribution is -2.48. The summed E-state index contributed by atoms with van der Waals surface area (Å²) in [5, 5.41) is 14.4. The zero-order valence-electron chi connectivity index (χ0n) is 17.1. The second-order valence-corrected chi connectivity index (χ2v) is 9.11. The molecule has 3 atom stereocenters. The Balaban J connectivity index is 1.52. The summed E-state index contributed by atoms with van der Waals surface area (Å²) in [6.45, 7) is 1.07. The number of benzene rings is 1. The predicted molar refractivity (Wildman–Crippen MR) is 111 cm³/mol. The van der Waals surface area contributed by atoms with Gasteiger partial charge < -0.3 is 19.7 Å². The zero-order valence-corrected chi connectivity index (χ0v) is 17.8. The predicted octanol–water partition coefficient (Wildman–Crippen LogP) is 4.69. The minimum atomic E-state index is -4.35. The van der Waals surface area contributed by atoms with E-state index in [-0.39, 0.29) is 31.9 Å². The summed E-state index contributed by atoms with van der Waals surface area (Å²) in [7, 11) is 0. The average Bonchev–Trinajstić information content (AvgIpc) is 3.35. The first-order valence-electron chi connectivity index (χ1n) is 10.6. The SMILES string of the molecule is O=C(NCC1(O)CCCC(C(F)(F)F)C1)c1cn(CC2CCCO2)c2cccc(Cl)c12. The highest BCUT2D eigenvalue weighted by Gasteiger charge is 2.47. The summed E-state index contributed by atoms with van der Waals surface area (Å²) in [4.78, 5) is 13.0. The van der Waals surface area contributed by atoms with Gasteiger partial charge in [-0.2, -0.15) is 13.2 Å². The van der Waals surface area contributed by atoms with Crippen LogP contribution in [0, 0.1) is 5.92 Å². The van der Waals surface area contributed by atoms with Crippen LogP contribution in [0.25, 0.3) is 10.9 Å². The van der Waals surface area contributed by atoms with E-state index < -0.39 is 30.0 Å². The number of hydrogen-bond acceptors (Lipinski definition) is 3. The number of carbonyl (C=O) groups excluding carboxylic acids is 1. The monoisotopic (exact) mass is 458 g/mol. The van der Waals surface area contributed by atoms with E-state index in [0.717, 1.165) is 25.0 Å². The quantitative estimate of drug-likeness (QED) is 0.683. The van der Waals surface area contributed by atoms with Gasteiger partial charge in [0.05, 0.1) is 33.7 Å². The van der Waals surface area contributed by atoms with Crippen molar-refractivity contribution in [3.63, 3.8) is 0 Å². The Morgan fingerprint density at radius 1 is 1.32 bits per heavy atom. The third-order valence-electron chi connectivity index (χ3n) is 6.39. The molecule has 2 heterocycles. The number of nitrogens with one attached hydrogen (secondary N) is 1. The Morgan fingerprint density at radius 3 is 2.84 bits per heavy atom. The molecule has 3 unspecified atom stereocenters. The first-order chi connectivity index (χ1) is 14.7. The van der Waals surface area contributed by atoms with Gasteiger partial charge in [-0.3, -0.25) is 4.79 Å². The second kappa shape index (κ2) is 8.64. The van der Waals surface area contributed by atoms with E-state index in [4.69, 9.17) is 16.3 Å². The van der Waals surface area contributed by atoms with Crippen molar-refractivity contribution in [2.45, 2.75) is 63.0 Å². The molecule has 9 heteroatoms. The normalized spacial score (nSPS) is 27.0. The summed E-state index contributed by atoms with van der Waals surface area (Å²) < 4.78 is 47.0. The molecule has 1 saturated carbocycles.